The summed E-state index contributed by atoms with van der Waals surface area (Å²) >= 11 is 0. The number of fused-ring (bicyclic) bond motifs is 2. The summed E-state index contributed by atoms with van der Waals surface area (Å²) in [7, 11) is 0. The van der Waals surface area contributed by atoms with E-state index in [1.54, 1.807) is 0 Å². The smallest absolute Gasteiger partial charge is 0.407 e. The van der Waals surface area contributed by atoms with E-state index in [4.69, 9.17) is 28.4 Å². The second kappa shape index (κ2) is 8.62. The van der Waals surface area contributed by atoms with Gasteiger partial charge in [0.2, 0.25) is 0 Å². The maximum atomic E-state index is 12.6. The van der Waals surface area contributed by atoms with E-state index in [1.807, 2.05) is 65.0 Å². The fourth-order valence-electron chi connectivity index (χ4n) is 4.58. The van der Waals surface area contributed by atoms with Gasteiger partial charge in [0, 0.05) is 5.92 Å². The minimum Gasteiger partial charge on any atom is -0.455 e. The Morgan fingerprint density at radius 3 is 2.00 bits per heavy atom. The van der Waals surface area contributed by atoms with Crippen LogP contribution in [0.15, 0.2) is 30.3 Å². The van der Waals surface area contributed by atoms with Crippen LogP contribution in [0.5, 0.6) is 0 Å². The third-order valence-electron chi connectivity index (χ3n) is 5.87. The third-order valence-corrected chi connectivity index (χ3v) is 5.87. The zero-order chi connectivity index (χ0) is 23.1. The van der Waals surface area contributed by atoms with Crippen molar-refractivity contribution in [1.29, 1.82) is 0 Å². The molecular formula is C23H31NO8. The summed E-state index contributed by atoms with van der Waals surface area (Å²) in [6, 6.07) is 9.27. The van der Waals surface area contributed by atoms with Crippen molar-refractivity contribution in [3.8, 4) is 0 Å². The molecule has 1 saturated carbocycles. The van der Waals surface area contributed by atoms with Crippen LogP contribution in [0, 0.1) is 5.92 Å². The predicted molar refractivity (Wildman–Crippen MR) is 111 cm³/mol. The van der Waals surface area contributed by atoms with E-state index in [-0.39, 0.29) is 31.3 Å². The number of benzene rings is 1. The largest absolute Gasteiger partial charge is 0.455 e. The van der Waals surface area contributed by atoms with Gasteiger partial charge in [-0.2, -0.15) is 0 Å². The summed E-state index contributed by atoms with van der Waals surface area (Å²) in [5.41, 5.74) is 0.848. The molecule has 2 heterocycles. The number of ether oxygens (including phenoxy) is 6. The Hall–Kier alpha value is -2.20. The molecule has 3 fully saturated rings. The van der Waals surface area contributed by atoms with Crippen molar-refractivity contribution in [3.63, 3.8) is 0 Å². The van der Waals surface area contributed by atoms with E-state index in [0.29, 0.717) is 0 Å². The molecule has 6 atom stereocenters. The van der Waals surface area contributed by atoms with Crippen LogP contribution in [-0.2, 0) is 39.8 Å². The Morgan fingerprint density at radius 1 is 0.906 bits per heavy atom. The van der Waals surface area contributed by atoms with Crippen LogP contribution in [0.25, 0.3) is 0 Å². The van der Waals surface area contributed by atoms with Crippen molar-refractivity contribution in [1.82, 2.24) is 5.32 Å². The standard InChI is InChI=1S/C23H31NO8/c1-13-16-19(31-22(2,3)29-16)18(20-17(13)30-23(4,5)32-20)28-15(25)11-24-21(26)27-12-14-9-7-6-8-10-14/h6-10,13,16-20H,11-12H2,1-5H3,(H,24,26)/t13-,16-,17+,18-,19+,20-. The van der Waals surface area contributed by atoms with Gasteiger partial charge >= 0.3 is 12.1 Å². The first-order valence-electron chi connectivity index (χ1n) is 10.9. The molecule has 176 valence electrons. The van der Waals surface area contributed by atoms with Crippen LogP contribution in [0.1, 0.15) is 40.2 Å². The molecule has 0 spiro atoms. The highest BCUT2D eigenvalue weighted by Crippen LogP contribution is 2.47. The van der Waals surface area contributed by atoms with Gasteiger partial charge in [0.15, 0.2) is 17.7 Å². The molecule has 1 aromatic rings. The Kier molecular flexibility index (Phi) is 6.19. The van der Waals surface area contributed by atoms with Crippen molar-refractivity contribution < 1.29 is 38.0 Å². The lowest BCUT2D eigenvalue weighted by atomic mass is 9.79. The van der Waals surface area contributed by atoms with E-state index in [2.05, 4.69) is 5.32 Å². The van der Waals surface area contributed by atoms with Crippen LogP contribution < -0.4 is 5.32 Å². The molecule has 9 heteroatoms. The van der Waals surface area contributed by atoms with E-state index in [9.17, 15) is 9.59 Å². The molecule has 0 unspecified atom stereocenters. The van der Waals surface area contributed by atoms with E-state index in [0.717, 1.165) is 5.56 Å². The Morgan fingerprint density at radius 2 is 1.44 bits per heavy atom. The van der Waals surface area contributed by atoms with Crippen molar-refractivity contribution in [2.75, 3.05) is 6.54 Å². The maximum Gasteiger partial charge on any atom is 0.407 e. The first kappa shape index (κ1) is 23.0. The Bertz CT molecular complexity index is 810. The molecule has 4 rings (SSSR count). The van der Waals surface area contributed by atoms with Gasteiger partial charge in [-0.3, -0.25) is 4.79 Å². The van der Waals surface area contributed by atoms with E-state index >= 15 is 0 Å². The average Bonchev–Trinajstić information content (AvgIpc) is 3.24. The van der Waals surface area contributed by atoms with Crippen LogP contribution in [0.4, 0.5) is 4.79 Å². The summed E-state index contributed by atoms with van der Waals surface area (Å²) in [5, 5.41) is 2.42. The zero-order valence-electron chi connectivity index (χ0n) is 19.0. The van der Waals surface area contributed by atoms with Crippen molar-refractivity contribution in [3.05, 3.63) is 35.9 Å². The molecule has 0 bridgehead atoms. The quantitative estimate of drug-likeness (QED) is 0.685. The van der Waals surface area contributed by atoms with Gasteiger partial charge in [0.25, 0.3) is 0 Å². The minimum absolute atomic E-state index is 0.0189. The minimum atomic E-state index is -0.818. The molecule has 1 N–H and O–H groups in total. The molecule has 32 heavy (non-hydrogen) atoms. The zero-order valence-corrected chi connectivity index (χ0v) is 19.0. The van der Waals surface area contributed by atoms with Gasteiger partial charge in [-0.15, -0.1) is 0 Å². The SMILES string of the molecule is C[C@@H]1[C@H]2OC(C)(C)O[C@@H]2[C@@H](OC(=O)CNC(=O)OCc2ccccc2)[C@@H]2OC(C)(C)O[C@@H]12. The maximum absolute atomic E-state index is 12.6. The highest BCUT2D eigenvalue weighted by Gasteiger charge is 2.63. The van der Waals surface area contributed by atoms with Crippen LogP contribution >= 0.6 is 0 Å². The lowest BCUT2D eigenvalue weighted by molar-refractivity contribution is -0.194. The number of hydrogen-bond donors (Lipinski definition) is 1. The van der Waals surface area contributed by atoms with Crippen LogP contribution in [-0.4, -0.2) is 60.7 Å². The molecule has 2 aliphatic heterocycles. The molecule has 0 aromatic heterocycles. The lowest BCUT2D eigenvalue weighted by Crippen LogP contribution is -2.59. The van der Waals surface area contributed by atoms with Gasteiger partial charge in [-0.05, 0) is 33.3 Å². The fraction of sp³-hybridized carbons (Fsp3) is 0.652. The predicted octanol–water partition coefficient (Wildman–Crippen LogP) is 2.51. The highest BCUT2D eigenvalue weighted by atomic mass is 16.8. The fourth-order valence-corrected chi connectivity index (χ4v) is 4.58. The summed E-state index contributed by atoms with van der Waals surface area (Å²) in [6.45, 7) is 9.07. The van der Waals surface area contributed by atoms with E-state index < -0.39 is 41.9 Å². The van der Waals surface area contributed by atoms with Gasteiger partial charge in [-0.1, -0.05) is 37.3 Å². The average molecular weight is 450 g/mol. The number of rotatable bonds is 5. The van der Waals surface area contributed by atoms with Crippen molar-refractivity contribution in [2.45, 2.75) is 83.3 Å². The molecule has 1 aliphatic carbocycles. The number of esters is 1. The summed E-state index contributed by atoms with van der Waals surface area (Å²) in [4.78, 5) is 24.5. The molecule has 0 radical (unpaired) electrons. The highest BCUT2D eigenvalue weighted by molar-refractivity contribution is 5.78. The van der Waals surface area contributed by atoms with Crippen molar-refractivity contribution in [2.24, 2.45) is 5.92 Å². The Labute approximate surface area is 187 Å². The van der Waals surface area contributed by atoms with Gasteiger partial charge in [0.1, 0.15) is 25.4 Å². The molecule has 2 saturated heterocycles. The molecular weight excluding hydrogens is 418 g/mol. The lowest BCUT2D eigenvalue weighted by Gasteiger charge is -2.41. The third kappa shape index (κ3) is 4.91. The second-order valence-corrected chi connectivity index (χ2v) is 9.36. The van der Waals surface area contributed by atoms with Gasteiger partial charge in [0.05, 0.1) is 12.2 Å². The molecule has 1 amide bonds. The van der Waals surface area contributed by atoms with Gasteiger partial charge < -0.3 is 33.7 Å². The second-order valence-electron chi connectivity index (χ2n) is 9.36. The monoisotopic (exact) mass is 449 g/mol. The summed E-state index contributed by atoms with van der Waals surface area (Å²) in [5.74, 6) is -2.28. The summed E-state index contributed by atoms with van der Waals surface area (Å²) < 4.78 is 35.2. The van der Waals surface area contributed by atoms with Crippen LogP contribution in [0.2, 0.25) is 0 Å². The van der Waals surface area contributed by atoms with Crippen LogP contribution in [0.3, 0.4) is 0 Å². The number of hydrogen-bond acceptors (Lipinski definition) is 8. The molecule has 3 aliphatic rings. The first-order chi connectivity index (χ1) is 15.0. The number of carbonyl (C=O) groups excluding carboxylic acids is 2. The normalized spacial score (nSPS) is 34.3. The first-order valence-corrected chi connectivity index (χ1v) is 10.9. The van der Waals surface area contributed by atoms with E-state index in [1.165, 1.54) is 0 Å². The number of carbonyl (C=O) groups is 2. The molecule has 9 nitrogen and oxygen atoms in total. The molecule has 1 aromatic carbocycles. The van der Waals surface area contributed by atoms with Crippen molar-refractivity contribution >= 4 is 12.1 Å². The topological polar surface area (TPSA) is 102 Å². The number of nitrogens with one attached hydrogen (secondary N) is 1. The van der Waals surface area contributed by atoms with Gasteiger partial charge in [-0.25, -0.2) is 4.79 Å². The Balaban J connectivity index is 1.36. The summed E-state index contributed by atoms with van der Waals surface area (Å²) in [6.07, 6.45) is -3.09. The number of amides is 1. The number of alkyl carbamates (subject to hydrolysis) is 1.